The van der Waals surface area contributed by atoms with Crippen LogP contribution in [0.4, 0.5) is 14.5 Å². The number of hydrogen-bond acceptors (Lipinski definition) is 5. The summed E-state index contributed by atoms with van der Waals surface area (Å²) in [6.45, 7) is 6.03. The quantitative estimate of drug-likeness (QED) is 0.246. The molecule has 2 aromatic rings. The number of hydrogen-bond donors (Lipinski definition) is 4. The fraction of sp³-hybridized carbons (Fsp3) is 0.367. The molecule has 10 heteroatoms. The van der Waals surface area contributed by atoms with Crippen molar-refractivity contribution in [2.24, 2.45) is 17.1 Å². The topological polar surface area (TPSA) is 96.6 Å². The Morgan fingerprint density at radius 2 is 1.93 bits per heavy atom. The minimum atomic E-state index is -1.54. The Balaban J connectivity index is 2.11. The smallest absolute Gasteiger partial charge is 0.242 e. The lowest BCUT2D eigenvalue weighted by molar-refractivity contribution is -0.118. The molecule has 0 unspecified atom stereocenters. The van der Waals surface area contributed by atoms with Gasteiger partial charge in [-0.1, -0.05) is 68.3 Å². The molecule has 0 aliphatic carbocycles. The van der Waals surface area contributed by atoms with E-state index in [0.717, 1.165) is 6.07 Å². The van der Waals surface area contributed by atoms with E-state index >= 15 is 4.39 Å². The number of aliphatic hydroxyl groups excluding tert-OH is 1. The third-order valence-electron chi connectivity index (χ3n) is 6.74. The number of ether oxygens (including phenoxy) is 1. The molecular weight excluding hydrogens is 559 g/mol. The lowest BCUT2D eigenvalue weighted by atomic mass is 9.68. The van der Waals surface area contributed by atoms with Crippen LogP contribution in [0.3, 0.4) is 0 Å². The van der Waals surface area contributed by atoms with Crippen LogP contribution in [0, 0.1) is 17.2 Å². The molecule has 40 heavy (non-hydrogen) atoms. The molecule has 4 atom stereocenters. The van der Waals surface area contributed by atoms with Crippen molar-refractivity contribution in [2.45, 2.75) is 44.8 Å². The summed E-state index contributed by atoms with van der Waals surface area (Å²) in [4.78, 5) is 13.8. The van der Waals surface area contributed by atoms with Crippen molar-refractivity contribution in [3.63, 3.8) is 0 Å². The minimum Gasteiger partial charge on any atom is -0.491 e. The predicted molar refractivity (Wildman–Crippen MR) is 157 cm³/mol. The molecule has 1 fully saturated rings. The average molecular weight is 595 g/mol. The molecular formula is C30H35Cl2F2N3O3. The van der Waals surface area contributed by atoms with Crippen molar-refractivity contribution >= 4 is 34.8 Å². The van der Waals surface area contributed by atoms with Crippen molar-refractivity contribution in [1.29, 1.82) is 0 Å². The maximum absolute atomic E-state index is 15.5. The Morgan fingerprint density at radius 3 is 2.50 bits per heavy atom. The normalized spacial score (nSPS) is 23.7. The third kappa shape index (κ3) is 7.50. The van der Waals surface area contributed by atoms with Crippen LogP contribution in [0.15, 0.2) is 78.1 Å². The molecule has 1 amide bonds. The van der Waals surface area contributed by atoms with Gasteiger partial charge in [-0.15, -0.1) is 0 Å². The van der Waals surface area contributed by atoms with Crippen molar-refractivity contribution in [1.82, 2.24) is 5.32 Å². The lowest BCUT2D eigenvalue weighted by Crippen LogP contribution is -2.53. The minimum absolute atomic E-state index is 0.0865. The second kappa shape index (κ2) is 13.7. The number of carbonyl (C=O) groups excluding carboxylic acids is 1. The van der Waals surface area contributed by atoms with Crippen molar-refractivity contribution in [3.8, 4) is 5.75 Å². The number of nitrogens with one attached hydrogen (secondary N) is 2. The van der Waals surface area contributed by atoms with Crippen LogP contribution in [0.1, 0.15) is 32.8 Å². The molecule has 1 aliphatic heterocycles. The molecule has 216 valence electrons. The SMILES string of the molecule is CC(C)(C)C[C@@H]1N[C@@H](C(=O)Nc2ccc(OCCO)cc2)[C@H](C(/C=C\C=C\Cl)=C\F)[C@@]1(N)c1ccc(Cl)cc1F. The van der Waals surface area contributed by atoms with Gasteiger partial charge in [0.2, 0.25) is 5.91 Å². The van der Waals surface area contributed by atoms with Crippen LogP contribution in [-0.2, 0) is 10.3 Å². The summed E-state index contributed by atoms with van der Waals surface area (Å²) in [6, 6.07) is 9.11. The highest BCUT2D eigenvalue weighted by molar-refractivity contribution is 6.30. The number of anilines is 1. The highest BCUT2D eigenvalue weighted by Gasteiger charge is 2.58. The molecule has 0 bridgehead atoms. The van der Waals surface area contributed by atoms with Crippen LogP contribution in [0.2, 0.25) is 5.02 Å². The van der Waals surface area contributed by atoms with E-state index < -0.39 is 35.3 Å². The zero-order valence-corrected chi connectivity index (χ0v) is 24.1. The van der Waals surface area contributed by atoms with Gasteiger partial charge in [0.1, 0.15) is 18.2 Å². The van der Waals surface area contributed by atoms with Gasteiger partial charge in [-0.25, -0.2) is 8.78 Å². The van der Waals surface area contributed by atoms with E-state index in [2.05, 4.69) is 10.6 Å². The summed E-state index contributed by atoms with van der Waals surface area (Å²) in [7, 11) is 0. The van der Waals surface area contributed by atoms with Crippen LogP contribution < -0.4 is 21.1 Å². The van der Waals surface area contributed by atoms with Gasteiger partial charge in [0.05, 0.1) is 24.5 Å². The number of allylic oxidation sites excluding steroid dienone is 3. The number of halogens is 4. The Bertz CT molecular complexity index is 1260. The maximum atomic E-state index is 15.5. The molecule has 1 heterocycles. The monoisotopic (exact) mass is 593 g/mol. The molecule has 0 radical (unpaired) electrons. The number of amides is 1. The summed E-state index contributed by atoms with van der Waals surface area (Å²) in [5, 5.41) is 15.3. The first-order valence-electron chi connectivity index (χ1n) is 12.8. The Morgan fingerprint density at radius 1 is 1.23 bits per heavy atom. The van der Waals surface area contributed by atoms with E-state index in [1.807, 2.05) is 20.8 Å². The summed E-state index contributed by atoms with van der Waals surface area (Å²) >= 11 is 11.7. The van der Waals surface area contributed by atoms with Crippen LogP contribution >= 0.6 is 23.2 Å². The summed E-state index contributed by atoms with van der Waals surface area (Å²) < 4.78 is 35.5. The van der Waals surface area contributed by atoms with Crippen LogP contribution in [0.5, 0.6) is 5.75 Å². The summed E-state index contributed by atoms with van der Waals surface area (Å²) in [5.41, 5.74) is 7.26. The van der Waals surface area contributed by atoms with Gasteiger partial charge >= 0.3 is 0 Å². The molecule has 0 saturated carbocycles. The Kier molecular flexibility index (Phi) is 10.9. The Hall–Kier alpha value is -2.75. The predicted octanol–water partition coefficient (Wildman–Crippen LogP) is 6.20. The van der Waals surface area contributed by atoms with Gasteiger partial charge in [-0.05, 0) is 53.8 Å². The van der Waals surface area contributed by atoms with E-state index in [1.165, 1.54) is 35.9 Å². The first-order valence-corrected chi connectivity index (χ1v) is 13.6. The average Bonchev–Trinajstić information content (AvgIpc) is 3.17. The molecule has 5 N–H and O–H groups in total. The van der Waals surface area contributed by atoms with Gasteiger partial charge in [-0.2, -0.15) is 0 Å². The van der Waals surface area contributed by atoms with Gasteiger partial charge in [0, 0.05) is 33.8 Å². The highest BCUT2D eigenvalue weighted by atomic mass is 35.5. The number of aliphatic hydroxyl groups is 1. The van der Waals surface area contributed by atoms with E-state index in [9.17, 15) is 9.18 Å². The standard InChI is InChI=1S/C30H35Cl2F2N3O3/c1-29(2,3)17-25-30(35,23-12-7-20(32)16-24(23)34)26(19(18-33)6-4-5-13-31)27(37-25)28(39)36-21-8-10-22(11-9-21)40-15-14-38/h4-13,16,18,25-27,37-38H,14-15,17,35H2,1-3H3,(H,36,39)/b6-4-,13-5+,19-18-/t25-,26-,27+,30+/m0/s1. The summed E-state index contributed by atoms with van der Waals surface area (Å²) in [6.07, 6.45) is 5.32. The first-order chi connectivity index (χ1) is 18.9. The van der Waals surface area contributed by atoms with Gasteiger partial charge in [0.15, 0.2) is 0 Å². The zero-order valence-electron chi connectivity index (χ0n) is 22.6. The van der Waals surface area contributed by atoms with Crippen molar-refractivity contribution < 1.29 is 23.4 Å². The van der Waals surface area contributed by atoms with Crippen molar-refractivity contribution in [3.05, 3.63) is 94.5 Å². The second-order valence-electron chi connectivity index (χ2n) is 10.9. The zero-order chi connectivity index (χ0) is 29.5. The van der Waals surface area contributed by atoms with Crippen LogP contribution in [0.25, 0.3) is 0 Å². The first kappa shape index (κ1) is 31.8. The lowest BCUT2D eigenvalue weighted by Gasteiger charge is -2.40. The van der Waals surface area contributed by atoms with Gasteiger partial charge < -0.3 is 26.2 Å². The van der Waals surface area contributed by atoms with E-state index in [4.69, 9.17) is 38.8 Å². The van der Waals surface area contributed by atoms with Crippen molar-refractivity contribution in [2.75, 3.05) is 18.5 Å². The third-order valence-corrected chi connectivity index (χ3v) is 7.12. The highest BCUT2D eigenvalue weighted by Crippen LogP contribution is 2.47. The van der Waals surface area contributed by atoms with E-state index in [-0.39, 0.29) is 34.8 Å². The summed E-state index contributed by atoms with van der Waals surface area (Å²) in [5.74, 6) is -1.63. The fourth-order valence-electron chi connectivity index (χ4n) is 5.11. The fourth-order valence-corrected chi connectivity index (χ4v) is 5.35. The molecule has 1 aliphatic rings. The Labute approximate surface area is 243 Å². The molecule has 2 aromatic carbocycles. The number of benzene rings is 2. The molecule has 0 spiro atoms. The maximum Gasteiger partial charge on any atom is 0.242 e. The van der Waals surface area contributed by atoms with Gasteiger partial charge in [-0.3, -0.25) is 4.79 Å². The van der Waals surface area contributed by atoms with E-state index in [1.54, 1.807) is 24.3 Å². The van der Waals surface area contributed by atoms with E-state index in [0.29, 0.717) is 24.2 Å². The molecule has 1 saturated heterocycles. The largest absolute Gasteiger partial charge is 0.491 e. The molecule has 6 nitrogen and oxygen atoms in total. The number of nitrogens with two attached hydrogens (primary N) is 1. The number of carbonyl (C=O) groups is 1. The molecule has 0 aromatic heterocycles. The number of rotatable bonds is 10. The molecule has 3 rings (SSSR count). The van der Waals surface area contributed by atoms with Gasteiger partial charge in [0.25, 0.3) is 0 Å². The van der Waals surface area contributed by atoms with Crippen LogP contribution in [-0.4, -0.2) is 36.3 Å². The second-order valence-corrected chi connectivity index (χ2v) is 11.6.